The van der Waals surface area contributed by atoms with E-state index in [2.05, 4.69) is 40.5 Å². The number of hydrogen-bond acceptors (Lipinski definition) is 3. The smallest absolute Gasteiger partial charge is 0.117 e. The number of benzene rings is 1. The third-order valence-electron chi connectivity index (χ3n) is 4.78. The standard InChI is InChI=1S/C20H28N2O/c1-2-6-18(7-3-1)16-19-9-13-22(14-10-19)12-5-11-21-17-20-8-4-15-23-20/h1-4,6-8,15,19,21H,5,9-14,16-17H2. The number of furan rings is 1. The Morgan fingerprint density at radius 3 is 2.61 bits per heavy atom. The molecule has 2 aromatic rings. The molecule has 0 spiro atoms. The highest BCUT2D eigenvalue weighted by Gasteiger charge is 2.18. The van der Waals surface area contributed by atoms with Crippen LogP contribution in [0.15, 0.2) is 53.1 Å². The summed E-state index contributed by atoms with van der Waals surface area (Å²) in [4.78, 5) is 2.62. The average molecular weight is 312 g/mol. The molecule has 1 N–H and O–H groups in total. The van der Waals surface area contributed by atoms with E-state index in [4.69, 9.17) is 4.42 Å². The highest BCUT2D eigenvalue weighted by Crippen LogP contribution is 2.21. The molecule has 1 aromatic heterocycles. The van der Waals surface area contributed by atoms with Crippen LogP contribution in [0.1, 0.15) is 30.6 Å². The summed E-state index contributed by atoms with van der Waals surface area (Å²) >= 11 is 0. The third kappa shape index (κ3) is 5.52. The van der Waals surface area contributed by atoms with Gasteiger partial charge < -0.3 is 14.6 Å². The Bertz CT molecular complexity index is 530. The molecule has 0 radical (unpaired) electrons. The van der Waals surface area contributed by atoms with Crippen molar-refractivity contribution in [2.45, 2.75) is 32.2 Å². The van der Waals surface area contributed by atoms with E-state index in [9.17, 15) is 0 Å². The maximum absolute atomic E-state index is 5.32. The molecule has 1 saturated heterocycles. The second-order valence-electron chi connectivity index (χ2n) is 6.58. The first-order valence-corrected chi connectivity index (χ1v) is 8.89. The van der Waals surface area contributed by atoms with Crippen LogP contribution in [-0.4, -0.2) is 31.1 Å². The lowest BCUT2D eigenvalue weighted by atomic mass is 9.90. The number of rotatable bonds is 8. The van der Waals surface area contributed by atoms with Gasteiger partial charge in [0.1, 0.15) is 5.76 Å². The molecule has 1 fully saturated rings. The lowest BCUT2D eigenvalue weighted by Gasteiger charge is -2.32. The zero-order valence-electron chi connectivity index (χ0n) is 13.9. The van der Waals surface area contributed by atoms with Crippen molar-refractivity contribution < 1.29 is 4.42 Å². The molecule has 2 heterocycles. The number of nitrogens with one attached hydrogen (secondary N) is 1. The molecule has 1 aromatic carbocycles. The van der Waals surface area contributed by atoms with Crippen LogP contribution in [0.5, 0.6) is 0 Å². The van der Waals surface area contributed by atoms with Gasteiger partial charge in [0.25, 0.3) is 0 Å². The van der Waals surface area contributed by atoms with Crippen LogP contribution in [-0.2, 0) is 13.0 Å². The molecule has 1 aliphatic rings. The summed E-state index contributed by atoms with van der Waals surface area (Å²) in [6, 6.07) is 14.9. The minimum atomic E-state index is 0.839. The monoisotopic (exact) mass is 312 g/mol. The SMILES string of the molecule is c1ccc(CC2CCN(CCCNCc3ccco3)CC2)cc1. The van der Waals surface area contributed by atoms with Gasteiger partial charge in [-0.1, -0.05) is 30.3 Å². The molecule has 0 unspecified atom stereocenters. The van der Waals surface area contributed by atoms with E-state index in [1.807, 2.05) is 12.1 Å². The normalized spacial score (nSPS) is 16.7. The van der Waals surface area contributed by atoms with Crippen LogP contribution in [0.4, 0.5) is 0 Å². The van der Waals surface area contributed by atoms with Crippen LogP contribution in [0, 0.1) is 5.92 Å². The van der Waals surface area contributed by atoms with Gasteiger partial charge in [-0.25, -0.2) is 0 Å². The zero-order valence-corrected chi connectivity index (χ0v) is 13.9. The van der Waals surface area contributed by atoms with Crippen molar-refractivity contribution in [3.8, 4) is 0 Å². The van der Waals surface area contributed by atoms with Crippen molar-refractivity contribution in [1.82, 2.24) is 10.2 Å². The summed E-state index contributed by atoms with van der Waals surface area (Å²) in [5.41, 5.74) is 1.49. The first-order valence-electron chi connectivity index (χ1n) is 8.89. The first-order chi connectivity index (χ1) is 11.4. The van der Waals surface area contributed by atoms with Crippen LogP contribution >= 0.6 is 0 Å². The summed E-state index contributed by atoms with van der Waals surface area (Å²) in [6.07, 6.45) is 6.88. The minimum Gasteiger partial charge on any atom is -0.468 e. The predicted octanol–water partition coefficient (Wildman–Crippen LogP) is 3.71. The van der Waals surface area contributed by atoms with Crippen LogP contribution in [0.3, 0.4) is 0 Å². The van der Waals surface area contributed by atoms with Gasteiger partial charge in [-0.2, -0.15) is 0 Å². The molecule has 124 valence electrons. The van der Waals surface area contributed by atoms with E-state index in [1.54, 1.807) is 6.26 Å². The van der Waals surface area contributed by atoms with Crippen molar-refractivity contribution in [1.29, 1.82) is 0 Å². The van der Waals surface area contributed by atoms with E-state index in [0.717, 1.165) is 24.8 Å². The van der Waals surface area contributed by atoms with Gasteiger partial charge in [0.2, 0.25) is 0 Å². The lowest BCUT2D eigenvalue weighted by molar-refractivity contribution is 0.182. The third-order valence-corrected chi connectivity index (χ3v) is 4.78. The van der Waals surface area contributed by atoms with Gasteiger partial charge >= 0.3 is 0 Å². The molecule has 0 saturated carbocycles. The fraction of sp³-hybridized carbons (Fsp3) is 0.500. The first kappa shape index (κ1) is 16.3. The minimum absolute atomic E-state index is 0.839. The Balaban J connectivity index is 1.26. The number of nitrogens with zero attached hydrogens (tertiary/aromatic N) is 1. The molecule has 3 nitrogen and oxygen atoms in total. The lowest BCUT2D eigenvalue weighted by Crippen LogP contribution is -2.36. The van der Waals surface area contributed by atoms with Crippen molar-refractivity contribution in [3.63, 3.8) is 0 Å². The van der Waals surface area contributed by atoms with E-state index in [0.29, 0.717) is 0 Å². The summed E-state index contributed by atoms with van der Waals surface area (Å²) in [6.45, 7) is 5.63. The average Bonchev–Trinajstić information content (AvgIpc) is 3.10. The summed E-state index contributed by atoms with van der Waals surface area (Å²) < 4.78 is 5.32. The molecule has 0 amide bonds. The Morgan fingerprint density at radius 1 is 1.04 bits per heavy atom. The molecule has 1 aliphatic heterocycles. The fourth-order valence-corrected chi connectivity index (χ4v) is 3.41. The van der Waals surface area contributed by atoms with Gasteiger partial charge in [-0.15, -0.1) is 0 Å². The van der Waals surface area contributed by atoms with Crippen LogP contribution < -0.4 is 5.32 Å². The highest BCUT2D eigenvalue weighted by atomic mass is 16.3. The Morgan fingerprint density at radius 2 is 1.87 bits per heavy atom. The van der Waals surface area contributed by atoms with Gasteiger partial charge in [0.05, 0.1) is 12.8 Å². The van der Waals surface area contributed by atoms with E-state index < -0.39 is 0 Å². The predicted molar refractivity (Wildman–Crippen MR) is 94.3 cm³/mol. The topological polar surface area (TPSA) is 28.4 Å². The maximum Gasteiger partial charge on any atom is 0.117 e. The van der Waals surface area contributed by atoms with Crippen molar-refractivity contribution in [2.24, 2.45) is 5.92 Å². The fourth-order valence-electron chi connectivity index (χ4n) is 3.41. The zero-order chi connectivity index (χ0) is 15.7. The van der Waals surface area contributed by atoms with Crippen molar-refractivity contribution in [2.75, 3.05) is 26.2 Å². The van der Waals surface area contributed by atoms with Gasteiger partial charge in [-0.3, -0.25) is 0 Å². The van der Waals surface area contributed by atoms with Crippen molar-refractivity contribution in [3.05, 3.63) is 60.1 Å². The van der Waals surface area contributed by atoms with E-state index >= 15 is 0 Å². The van der Waals surface area contributed by atoms with E-state index in [1.165, 1.54) is 50.9 Å². The van der Waals surface area contributed by atoms with Crippen LogP contribution in [0.25, 0.3) is 0 Å². The molecular formula is C20H28N2O. The molecule has 0 atom stereocenters. The number of hydrogen-bond donors (Lipinski definition) is 1. The van der Waals surface area contributed by atoms with E-state index in [-0.39, 0.29) is 0 Å². The molecule has 3 rings (SSSR count). The highest BCUT2D eigenvalue weighted by molar-refractivity contribution is 5.15. The molecule has 0 bridgehead atoms. The molecule has 23 heavy (non-hydrogen) atoms. The quantitative estimate of drug-likeness (QED) is 0.753. The van der Waals surface area contributed by atoms with Gasteiger partial charge in [0.15, 0.2) is 0 Å². The Hall–Kier alpha value is -1.58. The van der Waals surface area contributed by atoms with Gasteiger partial charge in [-0.05, 0) is 75.5 Å². The largest absolute Gasteiger partial charge is 0.468 e. The summed E-state index contributed by atoms with van der Waals surface area (Å²) in [7, 11) is 0. The maximum atomic E-state index is 5.32. The number of piperidine rings is 1. The van der Waals surface area contributed by atoms with Gasteiger partial charge in [0, 0.05) is 0 Å². The number of likely N-dealkylation sites (tertiary alicyclic amines) is 1. The Kier molecular flexibility index (Phi) is 6.30. The summed E-state index contributed by atoms with van der Waals surface area (Å²) in [5, 5.41) is 3.45. The molecule has 3 heteroatoms. The second-order valence-corrected chi connectivity index (χ2v) is 6.58. The van der Waals surface area contributed by atoms with Crippen LogP contribution in [0.2, 0.25) is 0 Å². The summed E-state index contributed by atoms with van der Waals surface area (Å²) in [5.74, 6) is 1.89. The molecular weight excluding hydrogens is 284 g/mol. The molecule has 0 aliphatic carbocycles. The van der Waals surface area contributed by atoms with Crippen molar-refractivity contribution >= 4 is 0 Å². The Labute approximate surface area is 139 Å². The second kappa shape index (κ2) is 8.90.